The summed E-state index contributed by atoms with van der Waals surface area (Å²) in [5, 5.41) is 3.99. The SMILES string of the molecule is CCC(=O)c1ccc(C(=O)NCCOCCOCCOCCNS(=O)(=O)c2ccc([C@@H]3CN(C)Cc4c(Cl)cc(Cl)cc43)cc2)cc1. The molecule has 0 spiro atoms. The van der Waals surface area contributed by atoms with E-state index in [0.717, 1.165) is 29.8 Å². The minimum Gasteiger partial charge on any atom is -0.378 e. The summed E-state index contributed by atoms with van der Waals surface area (Å²) in [4.78, 5) is 26.3. The normalized spacial score (nSPS) is 14.9. The Balaban J connectivity index is 1.06. The maximum absolute atomic E-state index is 12.8. The highest BCUT2D eigenvalue weighted by atomic mass is 35.5. The van der Waals surface area contributed by atoms with Crippen LogP contribution in [-0.4, -0.2) is 91.3 Å². The molecule has 0 aromatic heterocycles. The molecule has 1 aliphatic rings. The smallest absolute Gasteiger partial charge is 0.251 e. The number of nitrogens with one attached hydrogen (secondary N) is 2. The number of Topliss-reactive ketones (excluding diaryl/α,β-unsaturated/α-hetero) is 1. The molecule has 1 heterocycles. The largest absolute Gasteiger partial charge is 0.378 e. The Hall–Kier alpha value is -2.87. The molecular weight excluding hydrogens is 665 g/mol. The Morgan fingerprint density at radius 2 is 1.45 bits per heavy atom. The molecule has 0 aliphatic carbocycles. The van der Waals surface area contributed by atoms with Crippen LogP contribution in [0.1, 0.15) is 56.7 Å². The van der Waals surface area contributed by atoms with Crippen molar-refractivity contribution < 1.29 is 32.2 Å². The molecule has 47 heavy (non-hydrogen) atoms. The summed E-state index contributed by atoms with van der Waals surface area (Å²) in [6.45, 7) is 5.63. The number of hydrogen-bond acceptors (Lipinski definition) is 8. The number of rotatable bonds is 18. The van der Waals surface area contributed by atoms with Crippen molar-refractivity contribution in [3.63, 3.8) is 0 Å². The Kier molecular flexibility index (Phi) is 14.2. The molecule has 2 N–H and O–H groups in total. The van der Waals surface area contributed by atoms with Crippen molar-refractivity contribution in [3.05, 3.63) is 98.5 Å². The van der Waals surface area contributed by atoms with E-state index >= 15 is 0 Å². The minimum absolute atomic E-state index is 0.0224. The second kappa shape index (κ2) is 18.0. The van der Waals surface area contributed by atoms with Crippen LogP contribution < -0.4 is 10.0 Å². The van der Waals surface area contributed by atoms with Crippen LogP contribution in [0.4, 0.5) is 0 Å². The first-order valence-electron chi connectivity index (χ1n) is 15.5. The van der Waals surface area contributed by atoms with Crippen LogP contribution in [-0.2, 0) is 30.8 Å². The van der Waals surface area contributed by atoms with Crippen molar-refractivity contribution in [1.82, 2.24) is 14.9 Å². The van der Waals surface area contributed by atoms with Gasteiger partial charge in [-0.15, -0.1) is 0 Å². The lowest BCUT2D eigenvalue weighted by molar-refractivity contribution is 0.0162. The molecule has 13 heteroatoms. The maximum atomic E-state index is 12.8. The molecule has 1 atom stereocenters. The van der Waals surface area contributed by atoms with Crippen LogP contribution in [0.25, 0.3) is 0 Å². The van der Waals surface area contributed by atoms with Gasteiger partial charge in [0.2, 0.25) is 10.0 Å². The monoisotopic (exact) mass is 705 g/mol. The summed E-state index contributed by atoms with van der Waals surface area (Å²) in [6.07, 6.45) is 0.421. The molecule has 254 valence electrons. The van der Waals surface area contributed by atoms with Gasteiger partial charge in [0, 0.05) is 59.7 Å². The van der Waals surface area contributed by atoms with E-state index in [1.165, 1.54) is 0 Å². The van der Waals surface area contributed by atoms with Crippen molar-refractivity contribution >= 4 is 44.9 Å². The molecule has 0 radical (unpaired) electrons. The van der Waals surface area contributed by atoms with Crippen LogP contribution in [0.15, 0.2) is 65.6 Å². The fourth-order valence-corrected chi connectivity index (χ4v) is 6.82. The summed E-state index contributed by atoms with van der Waals surface area (Å²) < 4.78 is 44.6. The van der Waals surface area contributed by atoms with Crippen molar-refractivity contribution in [2.75, 3.05) is 66.3 Å². The number of likely N-dealkylation sites (N-methyl/N-ethyl adjacent to an activating group) is 1. The van der Waals surface area contributed by atoms with Gasteiger partial charge in [-0.3, -0.25) is 9.59 Å². The third kappa shape index (κ3) is 10.8. The van der Waals surface area contributed by atoms with Crippen molar-refractivity contribution in [3.8, 4) is 0 Å². The van der Waals surface area contributed by atoms with Gasteiger partial charge in [0.25, 0.3) is 5.91 Å². The number of nitrogens with zero attached hydrogens (tertiary/aromatic N) is 1. The number of halogens is 2. The van der Waals surface area contributed by atoms with E-state index in [0.29, 0.717) is 67.2 Å². The van der Waals surface area contributed by atoms with E-state index in [1.807, 2.05) is 25.2 Å². The lowest BCUT2D eigenvalue weighted by atomic mass is 9.85. The number of ketones is 1. The standard InChI is InChI=1S/C34H41Cl2N3O7S/c1-3-33(40)25-4-6-26(7-5-25)34(41)37-12-14-44-16-18-46-19-17-45-15-13-38-47(42,43)28-10-8-24(9-11-28)30-22-39(2)23-31-29(30)20-27(35)21-32(31)36/h4-11,20-21,30,38H,3,12-19,22-23H2,1-2H3,(H,37,41)/t30-/m0/s1. The Morgan fingerprint density at radius 1 is 0.851 bits per heavy atom. The molecule has 0 fully saturated rings. The fraction of sp³-hybridized carbons (Fsp3) is 0.412. The van der Waals surface area contributed by atoms with E-state index < -0.39 is 10.0 Å². The van der Waals surface area contributed by atoms with E-state index in [9.17, 15) is 18.0 Å². The molecule has 0 saturated heterocycles. The summed E-state index contributed by atoms with van der Waals surface area (Å²) in [7, 11) is -1.67. The molecule has 1 aliphatic heterocycles. The highest BCUT2D eigenvalue weighted by Gasteiger charge is 2.27. The van der Waals surface area contributed by atoms with Gasteiger partial charge < -0.3 is 24.4 Å². The molecule has 3 aromatic rings. The van der Waals surface area contributed by atoms with Crippen molar-refractivity contribution in [1.29, 1.82) is 0 Å². The summed E-state index contributed by atoms with van der Waals surface area (Å²) >= 11 is 12.8. The first-order valence-corrected chi connectivity index (χ1v) is 17.7. The number of carbonyl (C=O) groups is 2. The second-order valence-electron chi connectivity index (χ2n) is 11.1. The van der Waals surface area contributed by atoms with Gasteiger partial charge in [0.1, 0.15) is 0 Å². The van der Waals surface area contributed by atoms with E-state index in [2.05, 4.69) is 14.9 Å². The zero-order chi connectivity index (χ0) is 33.8. The third-order valence-electron chi connectivity index (χ3n) is 7.69. The number of hydrogen-bond donors (Lipinski definition) is 2. The van der Waals surface area contributed by atoms with Gasteiger partial charge in [-0.1, -0.05) is 54.4 Å². The zero-order valence-electron chi connectivity index (χ0n) is 26.6. The van der Waals surface area contributed by atoms with Gasteiger partial charge in [0.15, 0.2) is 5.78 Å². The number of amides is 1. The summed E-state index contributed by atoms with van der Waals surface area (Å²) in [5.41, 5.74) is 4.16. The molecule has 10 nitrogen and oxygen atoms in total. The number of benzene rings is 3. The average molecular weight is 707 g/mol. The van der Waals surface area contributed by atoms with Crippen LogP contribution in [0.3, 0.4) is 0 Å². The summed E-state index contributed by atoms with van der Waals surface area (Å²) in [6, 6.07) is 17.2. The van der Waals surface area contributed by atoms with Crippen LogP contribution in [0.2, 0.25) is 10.0 Å². The maximum Gasteiger partial charge on any atom is 0.251 e. The predicted molar refractivity (Wildman–Crippen MR) is 182 cm³/mol. The molecule has 0 unspecified atom stereocenters. The molecule has 0 saturated carbocycles. The summed E-state index contributed by atoms with van der Waals surface area (Å²) in [5.74, 6) is -0.174. The van der Waals surface area contributed by atoms with Crippen molar-refractivity contribution in [2.24, 2.45) is 0 Å². The highest BCUT2D eigenvalue weighted by molar-refractivity contribution is 7.89. The number of ether oxygens (including phenoxy) is 3. The number of fused-ring (bicyclic) bond motifs is 1. The van der Waals surface area contributed by atoms with Gasteiger partial charge >= 0.3 is 0 Å². The van der Waals surface area contributed by atoms with Crippen molar-refractivity contribution in [2.45, 2.75) is 30.7 Å². The molecule has 0 bridgehead atoms. The lowest BCUT2D eigenvalue weighted by Gasteiger charge is -2.33. The Bertz CT molecular complexity index is 1600. The highest BCUT2D eigenvalue weighted by Crippen LogP contribution is 2.38. The molecular formula is C34H41Cl2N3O7S. The molecule has 3 aromatic carbocycles. The second-order valence-corrected chi connectivity index (χ2v) is 13.7. The van der Waals surface area contributed by atoms with Gasteiger partial charge in [-0.25, -0.2) is 13.1 Å². The van der Waals surface area contributed by atoms with E-state index in [-0.39, 0.29) is 35.7 Å². The predicted octanol–water partition coefficient (Wildman–Crippen LogP) is 4.92. The van der Waals surface area contributed by atoms with Gasteiger partial charge in [-0.2, -0.15) is 0 Å². The molecule has 4 rings (SSSR count). The fourth-order valence-electron chi connectivity index (χ4n) is 5.23. The van der Waals surface area contributed by atoms with Gasteiger partial charge in [-0.05, 0) is 60.1 Å². The Labute approximate surface area is 286 Å². The first kappa shape index (κ1) is 37.0. The quantitative estimate of drug-likeness (QED) is 0.141. The van der Waals surface area contributed by atoms with Crippen LogP contribution >= 0.6 is 23.2 Å². The third-order valence-corrected chi connectivity index (χ3v) is 9.72. The van der Waals surface area contributed by atoms with Gasteiger partial charge in [0.05, 0.1) is 44.5 Å². The first-order chi connectivity index (χ1) is 22.6. The number of sulfonamides is 1. The average Bonchev–Trinajstić information content (AvgIpc) is 3.06. The topological polar surface area (TPSA) is 123 Å². The zero-order valence-corrected chi connectivity index (χ0v) is 28.9. The minimum atomic E-state index is -3.70. The lowest BCUT2D eigenvalue weighted by Crippen LogP contribution is -2.31. The van der Waals surface area contributed by atoms with Crippen LogP contribution in [0.5, 0.6) is 0 Å². The number of carbonyl (C=O) groups excluding carboxylic acids is 2. The van der Waals surface area contributed by atoms with Crippen LogP contribution in [0, 0.1) is 0 Å². The Morgan fingerprint density at radius 3 is 2.09 bits per heavy atom. The van der Waals surface area contributed by atoms with E-state index in [1.54, 1.807) is 49.4 Å². The van der Waals surface area contributed by atoms with E-state index in [4.69, 9.17) is 37.4 Å². The molecule has 1 amide bonds.